The van der Waals surface area contributed by atoms with E-state index >= 15 is 0 Å². The summed E-state index contributed by atoms with van der Waals surface area (Å²) < 4.78 is 1.49. The van der Waals surface area contributed by atoms with Gasteiger partial charge in [0.25, 0.3) is 0 Å². The first-order valence-electron chi connectivity index (χ1n) is 9.40. The quantitative estimate of drug-likeness (QED) is 0.140. The molecule has 0 aromatic heterocycles. The number of thiol groups is 2. The Kier molecular flexibility index (Phi) is 29.2. The van der Waals surface area contributed by atoms with E-state index in [1.165, 1.54) is 51.4 Å². The van der Waals surface area contributed by atoms with Crippen LogP contribution in [-0.4, -0.2) is 44.6 Å². The first-order valence-corrected chi connectivity index (χ1v) is 11.1. The predicted octanol–water partition coefficient (Wildman–Crippen LogP) is 3.60. The van der Waals surface area contributed by atoms with Crippen molar-refractivity contribution < 1.29 is 19.5 Å². The predicted molar refractivity (Wildman–Crippen MR) is 125 cm³/mol. The molecule has 0 saturated carbocycles. The molecule has 2 nitrogen and oxygen atoms in total. The van der Waals surface area contributed by atoms with Gasteiger partial charge in [0.1, 0.15) is 33.1 Å². The van der Waals surface area contributed by atoms with Crippen molar-refractivity contribution in [1.29, 1.82) is 0 Å². The van der Waals surface area contributed by atoms with Crippen molar-refractivity contribution in [2.75, 3.05) is 26.2 Å². The third-order valence-electron chi connectivity index (χ3n) is 3.67. The van der Waals surface area contributed by atoms with Gasteiger partial charge in [-0.05, 0) is 25.7 Å². The summed E-state index contributed by atoms with van der Waals surface area (Å²) in [6, 6.07) is 0. The van der Waals surface area contributed by atoms with E-state index in [1.54, 1.807) is 0 Å². The second kappa shape index (κ2) is 23.5. The zero-order valence-electron chi connectivity index (χ0n) is 16.8. The molecule has 7 heteroatoms. The molecule has 0 amide bonds. The summed E-state index contributed by atoms with van der Waals surface area (Å²) in [6.07, 6.45) is 9.74. The van der Waals surface area contributed by atoms with Crippen LogP contribution in [0.25, 0.3) is 0 Å². The molecule has 0 rings (SSSR count). The molecule has 0 atom stereocenters. The van der Waals surface area contributed by atoms with E-state index in [2.05, 4.69) is 61.9 Å². The Hall–Kier alpha value is 1.42. The van der Waals surface area contributed by atoms with E-state index in [0.29, 0.717) is 0 Å². The number of rotatable bonds is 12. The Labute approximate surface area is 191 Å². The van der Waals surface area contributed by atoms with Gasteiger partial charge in [-0.15, -0.1) is 0 Å². The summed E-state index contributed by atoms with van der Waals surface area (Å²) in [6.45, 7) is 13.0. The average molecular weight is 476 g/mol. The van der Waals surface area contributed by atoms with Gasteiger partial charge in [-0.1, -0.05) is 53.4 Å². The van der Waals surface area contributed by atoms with Crippen molar-refractivity contribution in [3.63, 3.8) is 0 Å². The minimum atomic E-state index is 0. The fourth-order valence-electron chi connectivity index (χ4n) is 2.00. The Bertz CT molecular complexity index is 271. The molecular formula is C18H38N2S4Zn+2. The first kappa shape index (κ1) is 31.1. The standard InChI is InChI=1S/2C9H19NS2.Zn/c2*1-3-5-7-10(9(11)12)8-6-4-2;/h2*3-8H2,1-2H3,(H,11,12);/q;;+2. The van der Waals surface area contributed by atoms with Crippen LogP contribution in [0, 0.1) is 0 Å². The minimum Gasteiger partial charge on any atom is -0.680 e. The van der Waals surface area contributed by atoms with Crippen molar-refractivity contribution in [2.24, 2.45) is 0 Å². The van der Waals surface area contributed by atoms with E-state index in [9.17, 15) is 0 Å². The molecule has 0 aliphatic heterocycles. The molecule has 25 heavy (non-hydrogen) atoms. The molecule has 0 bridgehead atoms. The van der Waals surface area contributed by atoms with Gasteiger partial charge in [0.15, 0.2) is 0 Å². The van der Waals surface area contributed by atoms with Crippen molar-refractivity contribution in [2.45, 2.75) is 79.1 Å². The average Bonchev–Trinajstić information content (AvgIpc) is 2.55. The summed E-state index contributed by atoms with van der Waals surface area (Å²) in [4.78, 5) is 4.37. The molecule has 0 saturated heterocycles. The SMILES string of the molecule is CCCCN(CCCC)C([S-])=[SH+].CCCCN(CCCC)C([S-])=[SH+].[Zn+2]. The molecule has 144 valence electrons. The molecule has 0 unspecified atom stereocenters. The largest absolute Gasteiger partial charge is 2.00 e. The molecule has 0 fully saturated rings. The van der Waals surface area contributed by atoms with Gasteiger partial charge in [0.2, 0.25) is 0 Å². The number of nitrogens with zero attached hydrogens (tertiary/aromatic N) is 2. The zero-order chi connectivity index (χ0) is 18.8. The topological polar surface area (TPSA) is 6.48 Å². The molecule has 0 heterocycles. The van der Waals surface area contributed by atoms with Gasteiger partial charge < -0.3 is 25.3 Å². The maximum Gasteiger partial charge on any atom is 2.00 e. The van der Waals surface area contributed by atoms with Crippen LogP contribution < -0.4 is 0 Å². The molecule has 0 radical (unpaired) electrons. The summed E-state index contributed by atoms with van der Waals surface area (Å²) >= 11 is 18.5. The first-order chi connectivity index (χ1) is 11.4. The second-order valence-electron chi connectivity index (χ2n) is 5.95. The molecule has 0 aromatic carbocycles. The van der Waals surface area contributed by atoms with Gasteiger partial charge in [-0.25, -0.2) is 0 Å². The van der Waals surface area contributed by atoms with E-state index in [1.807, 2.05) is 0 Å². The fraction of sp³-hybridized carbons (Fsp3) is 0.889. The summed E-state index contributed by atoms with van der Waals surface area (Å²) in [5.41, 5.74) is 0. The van der Waals surface area contributed by atoms with Crippen molar-refractivity contribution in [3.8, 4) is 0 Å². The summed E-state index contributed by atoms with van der Waals surface area (Å²) in [5.74, 6) is 0. The van der Waals surface area contributed by atoms with Gasteiger partial charge in [0.05, 0.1) is 0 Å². The van der Waals surface area contributed by atoms with E-state index in [-0.39, 0.29) is 19.5 Å². The third-order valence-corrected chi connectivity index (χ3v) is 4.75. The molecule has 0 N–H and O–H groups in total. The van der Waals surface area contributed by atoms with Crippen LogP contribution in [-0.2, 0) is 69.2 Å². The smallest absolute Gasteiger partial charge is 0.680 e. The van der Waals surface area contributed by atoms with Crippen LogP contribution in [0.4, 0.5) is 0 Å². The van der Waals surface area contributed by atoms with Crippen LogP contribution in [0.15, 0.2) is 0 Å². The maximum atomic E-state index is 5.03. The number of hydrogen-bond acceptors (Lipinski definition) is 2. The molecule has 0 aromatic rings. The Morgan fingerprint density at radius 3 is 0.920 bits per heavy atom. The normalized spacial score (nSPS) is 10.2. The molecule has 0 spiro atoms. The van der Waals surface area contributed by atoms with Crippen LogP contribution in [0.5, 0.6) is 0 Å². The Morgan fingerprint density at radius 2 is 0.800 bits per heavy atom. The number of unbranched alkanes of at least 4 members (excludes halogenated alkanes) is 4. The van der Waals surface area contributed by atoms with Crippen molar-refractivity contribution in [1.82, 2.24) is 9.80 Å². The third kappa shape index (κ3) is 21.6. The monoisotopic (exact) mass is 474 g/mol. The maximum absolute atomic E-state index is 5.03. The van der Waals surface area contributed by atoms with Gasteiger partial charge in [-0.2, -0.15) is 0 Å². The summed E-state index contributed by atoms with van der Waals surface area (Å²) in [7, 11) is 0. The van der Waals surface area contributed by atoms with Crippen LogP contribution in [0.2, 0.25) is 0 Å². The second-order valence-corrected chi connectivity index (χ2v) is 8.18. The van der Waals surface area contributed by atoms with Gasteiger partial charge >= 0.3 is 19.5 Å². The fourth-order valence-corrected chi connectivity index (χ4v) is 2.77. The van der Waals surface area contributed by atoms with E-state index < -0.39 is 0 Å². The zero-order valence-corrected chi connectivity index (χ0v) is 23.2. The van der Waals surface area contributed by atoms with E-state index in [0.717, 1.165) is 34.8 Å². The van der Waals surface area contributed by atoms with E-state index in [4.69, 9.17) is 25.3 Å². The minimum absolute atomic E-state index is 0. The van der Waals surface area contributed by atoms with Crippen molar-refractivity contribution >= 4 is 58.3 Å². The van der Waals surface area contributed by atoms with Crippen LogP contribution in [0.3, 0.4) is 0 Å². The van der Waals surface area contributed by atoms with Crippen LogP contribution in [0.1, 0.15) is 79.1 Å². The van der Waals surface area contributed by atoms with Crippen molar-refractivity contribution in [3.05, 3.63) is 0 Å². The summed E-state index contributed by atoms with van der Waals surface area (Å²) in [5, 5.41) is 0. The molecule has 0 aliphatic carbocycles. The van der Waals surface area contributed by atoms with Gasteiger partial charge in [0, 0.05) is 26.2 Å². The molecular weight excluding hydrogens is 438 g/mol. The van der Waals surface area contributed by atoms with Crippen LogP contribution >= 0.6 is 0 Å². The van der Waals surface area contributed by atoms with Gasteiger partial charge in [-0.3, -0.25) is 9.80 Å². The molecule has 0 aliphatic rings. The number of hydrogen-bond donors (Lipinski definition) is 0. The Morgan fingerprint density at radius 1 is 0.600 bits per heavy atom. The Balaban J connectivity index is -0.000000372.